The molecule has 0 spiro atoms. The lowest BCUT2D eigenvalue weighted by atomic mass is 9.74. The summed E-state index contributed by atoms with van der Waals surface area (Å²) in [4.78, 5) is 2.54. The van der Waals surface area contributed by atoms with Crippen LogP contribution in [0.2, 0.25) is 0 Å². The van der Waals surface area contributed by atoms with E-state index in [-0.39, 0.29) is 5.41 Å². The summed E-state index contributed by atoms with van der Waals surface area (Å²) in [5.41, 5.74) is 16.7. The lowest BCUT2D eigenvalue weighted by Crippen LogP contribution is -2.22. The van der Waals surface area contributed by atoms with Crippen LogP contribution in [0.3, 0.4) is 0 Å². The van der Waals surface area contributed by atoms with Gasteiger partial charge in [-0.15, -0.1) is 0 Å². The van der Waals surface area contributed by atoms with E-state index < -0.39 is 0 Å². The second-order valence-electron chi connectivity index (χ2n) is 18.1. The van der Waals surface area contributed by atoms with Crippen LogP contribution in [0.4, 0.5) is 17.1 Å². The van der Waals surface area contributed by atoms with Crippen molar-refractivity contribution in [2.75, 3.05) is 4.90 Å². The van der Waals surface area contributed by atoms with Crippen LogP contribution in [0.1, 0.15) is 23.6 Å². The Morgan fingerprint density at radius 2 is 0.836 bits per heavy atom. The summed E-state index contributed by atoms with van der Waals surface area (Å²) in [7, 11) is 0. The lowest BCUT2D eigenvalue weighted by Gasteiger charge is -2.32. The van der Waals surface area contributed by atoms with Gasteiger partial charge in [0.2, 0.25) is 0 Å². The third-order valence-corrected chi connectivity index (χ3v) is 14.5. The van der Waals surface area contributed by atoms with E-state index in [1.54, 1.807) is 0 Å². The molecule has 1 unspecified atom stereocenters. The van der Waals surface area contributed by atoms with Gasteiger partial charge in [-0.25, -0.2) is 0 Å². The molecule has 0 heterocycles. The Bertz CT molecular complexity index is 3870. The molecule has 1 aliphatic carbocycles. The first kappa shape index (κ1) is 38.9. The van der Waals surface area contributed by atoms with Gasteiger partial charge < -0.3 is 4.90 Å². The normalized spacial score (nSPS) is 14.1. The highest BCUT2D eigenvalue weighted by Gasteiger charge is 2.42. The molecule has 0 bridgehead atoms. The Labute approximate surface area is 391 Å². The van der Waals surface area contributed by atoms with E-state index in [0.717, 1.165) is 28.2 Å². The molecule has 314 valence electrons. The Hall–Kier alpha value is -8.52. The summed E-state index contributed by atoms with van der Waals surface area (Å²) in [6.45, 7) is 2.41. The van der Waals surface area contributed by atoms with Crippen LogP contribution in [-0.4, -0.2) is 0 Å². The minimum Gasteiger partial charge on any atom is -0.309 e. The number of hydrogen-bond donors (Lipinski definition) is 0. The molecule has 0 aromatic heterocycles. The fourth-order valence-electron chi connectivity index (χ4n) is 11.4. The zero-order valence-electron chi connectivity index (χ0n) is 37.2. The minimum absolute atomic E-state index is 0.345. The molecule has 12 aromatic rings. The van der Waals surface area contributed by atoms with Crippen LogP contribution >= 0.6 is 0 Å². The van der Waals surface area contributed by atoms with Crippen molar-refractivity contribution in [3.8, 4) is 44.5 Å². The highest BCUT2D eigenvalue weighted by molar-refractivity contribution is 6.22. The number of para-hydroxylation sites is 1. The number of benzene rings is 12. The van der Waals surface area contributed by atoms with Gasteiger partial charge in [-0.2, -0.15) is 0 Å². The number of anilines is 3. The standard InChI is InChI=1S/C66H45N/c1-66(49-25-9-4-10-26-49)59-32-17-15-31-57(59)65-60(66)33-19-35-62(65)67(50-39-41-52-47(42-50)37-36-44-20-11-12-27-51(44)52)61-34-18-16-28-53(61)48-38-40-55-54-29-13-14-30-56(54)63(45-21-5-2-6-22-45)64(58(55)43-48)46-23-7-3-8-24-46/h2-43H,1H3. The van der Waals surface area contributed by atoms with Gasteiger partial charge in [0.05, 0.1) is 11.4 Å². The van der Waals surface area contributed by atoms with Crippen molar-refractivity contribution >= 4 is 60.2 Å². The zero-order valence-corrected chi connectivity index (χ0v) is 37.2. The summed E-state index contributed by atoms with van der Waals surface area (Å²) in [5, 5.41) is 9.95. The molecule has 1 aliphatic rings. The topological polar surface area (TPSA) is 3.24 Å². The summed E-state index contributed by atoms with van der Waals surface area (Å²) in [6, 6.07) is 94.3. The van der Waals surface area contributed by atoms with Crippen LogP contribution < -0.4 is 4.90 Å². The van der Waals surface area contributed by atoms with Crippen molar-refractivity contribution in [1.29, 1.82) is 0 Å². The van der Waals surface area contributed by atoms with Crippen molar-refractivity contribution in [3.05, 3.63) is 271 Å². The highest BCUT2D eigenvalue weighted by atomic mass is 15.1. The molecule has 0 amide bonds. The van der Waals surface area contributed by atoms with Crippen LogP contribution in [0.5, 0.6) is 0 Å². The molecule has 0 N–H and O–H groups in total. The fourth-order valence-corrected chi connectivity index (χ4v) is 11.4. The molecule has 0 saturated carbocycles. The molecule has 1 nitrogen and oxygen atoms in total. The Kier molecular flexibility index (Phi) is 9.05. The van der Waals surface area contributed by atoms with Crippen molar-refractivity contribution in [2.45, 2.75) is 12.3 Å². The zero-order chi connectivity index (χ0) is 44.5. The van der Waals surface area contributed by atoms with E-state index in [9.17, 15) is 0 Å². The third-order valence-electron chi connectivity index (χ3n) is 14.5. The Morgan fingerprint density at radius 3 is 1.61 bits per heavy atom. The molecule has 13 rings (SSSR count). The van der Waals surface area contributed by atoms with Crippen molar-refractivity contribution in [3.63, 3.8) is 0 Å². The van der Waals surface area contributed by atoms with Gasteiger partial charge in [0, 0.05) is 22.2 Å². The summed E-state index contributed by atoms with van der Waals surface area (Å²) in [6.07, 6.45) is 0. The molecule has 0 fully saturated rings. The molecule has 1 heteroatoms. The Morgan fingerprint density at radius 1 is 0.299 bits per heavy atom. The second kappa shape index (κ2) is 15.6. The van der Waals surface area contributed by atoms with Crippen molar-refractivity contribution in [2.24, 2.45) is 0 Å². The maximum Gasteiger partial charge on any atom is 0.0543 e. The molecule has 1 atom stereocenters. The quantitative estimate of drug-likeness (QED) is 0.144. The summed E-state index contributed by atoms with van der Waals surface area (Å²) in [5.74, 6) is 0. The minimum atomic E-state index is -0.345. The number of fused-ring (bicyclic) bond motifs is 9. The van der Waals surface area contributed by atoms with Gasteiger partial charge in [0.15, 0.2) is 0 Å². The molecule has 67 heavy (non-hydrogen) atoms. The van der Waals surface area contributed by atoms with Gasteiger partial charge in [0.25, 0.3) is 0 Å². The van der Waals surface area contributed by atoms with E-state index in [0.29, 0.717) is 0 Å². The van der Waals surface area contributed by atoms with Gasteiger partial charge in [0.1, 0.15) is 0 Å². The average Bonchev–Trinajstić information content (AvgIpc) is 3.67. The number of rotatable bonds is 7. The predicted molar refractivity (Wildman–Crippen MR) is 285 cm³/mol. The number of hydrogen-bond acceptors (Lipinski definition) is 1. The van der Waals surface area contributed by atoms with E-state index in [2.05, 4.69) is 267 Å². The number of nitrogens with zero attached hydrogens (tertiary/aromatic N) is 1. The Balaban J connectivity index is 1.10. The molecule has 0 radical (unpaired) electrons. The van der Waals surface area contributed by atoms with Crippen LogP contribution in [0, 0.1) is 0 Å². The lowest BCUT2D eigenvalue weighted by molar-refractivity contribution is 0.714. The first-order valence-corrected chi connectivity index (χ1v) is 23.3. The third kappa shape index (κ3) is 6.09. The molecular weight excluding hydrogens is 807 g/mol. The van der Waals surface area contributed by atoms with E-state index in [1.165, 1.54) is 93.2 Å². The predicted octanol–water partition coefficient (Wildman–Crippen LogP) is 18.1. The van der Waals surface area contributed by atoms with Gasteiger partial charge in [-0.1, -0.05) is 224 Å². The summed E-state index contributed by atoms with van der Waals surface area (Å²) < 4.78 is 0. The smallest absolute Gasteiger partial charge is 0.0543 e. The molecular formula is C66H45N. The average molecular weight is 852 g/mol. The van der Waals surface area contributed by atoms with Crippen LogP contribution in [0.25, 0.3) is 87.6 Å². The first-order chi connectivity index (χ1) is 33.1. The van der Waals surface area contributed by atoms with E-state index >= 15 is 0 Å². The van der Waals surface area contributed by atoms with Crippen molar-refractivity contribution in [1.82, 2.24) is 0 Å². The van der Waals surface area contributed by atoms with Crippen LogP contribution in [-0.2, 0) is 5.41 Å². The fraction of sp³-hybridized carbons (Fsp3) is 0.0303. The van der Waals surface area contributed by atoms with Crippen LogP contribution in [0.15, 0.2) is 255 Å². The van der Waals surface area contributed by atoms with Gasteiger partial charge in [-0.05, 0) is 130 Å². The molecule has 0 aliphatic heterocycles. The second-order valence-corrected chi connectivity index (χ2v) is 18.1. The SMILES string of the molecule is CC1(c2ccccc2)c2ccccc2-c2c(N(c3ccc4c(ccc5ccccc54)c3)c3ccccc3-c3ccc4c(c3)c(-c3ccccc3)c(-c3ccccc3)c3ccccc34)cccc21. The monoisotopic (exact) mass is 851 g/mol. The maximum absolute atomic E-state index is 2.54. The first-order valence-electron chi connectivity index (χ1n) is 23.3. The van der Waals surface area contributed by atoms with Gasteiger partial charge in [-0.3, -0.25) is 0 Å². The van der Waals surface area contributed by atoms with E-state index in [4.69, 9.17) is 0 Å². The molecule has 12 aromatic carbocycles. The van der Waals surface area contributed by atoms with Crippen molar-refractivity contribution < 1.29 is 0 Å². The van der Waals surface area contributed by atoms with E-state index in [1.807, 2.05) is 0 Å². The highest BCUT2D eigenvalue weighted by Crippen LogP contribution is 2.57. The largest absolute Gasteiger partial charge is 0.309 e. The summed E-state index contributed by atoms with van der Waals surface area (Å²) >= 11 is 0. The maximum atomic E-state index is 2.54. The van der Waals surface area contributed by atoms with Gasteiger partial charge >= 0.3 is 0 Å². The molecule has 0 saturated heterocycles.